The third kappa shape index (κ3) is 13.2. The summed E-state index contributed by atoms with van der Waals surface area (Å²) < 4.78 is 31.7. The van der Waals surface area contributed by atoms with Crippen LogP contribution in [0.4, 0.5) is 68.2 Å². The van der Waals surface area contributed by atoms with Gasteiger partial charge in [-0.1, -0.05) is 249 Å². The summed E-state index contributed by atoms with van der Waals surface area (Å²) in [5, 5.41) is 5.58. The molecule has 9 heteroatoms. The van der Waals surface area contributed by atoms with E-state index in [1.807, 2.05) is 54.6 Å². The highest BCUT2D eigenvalue weighted by Gasteiger charge is 2.45. The van der Waals surface area contributed by atoms with E-state index in [1.165, 1.54) is 20.5 Å². The highest BCUT2D eigenvalue weighted by Crippen LogP contribution is 2.56. The highest BCUT2D eigenvalue weighted by molar-refractivity contribution is 7.86. The summed E-state index contributed by atoms with van der Waals surface area (Å²) in [4.78, 5) is 9.09. The van der Waals surface area contributed by atoms with Gasteiger partial charge in [-0.15, -0.1) is 11.3 Å². The topological polar surface area (TPSA) is 56.3 Å². The summed E-state index contributed by atoms with van der Waals surface area (Å²) in [6.45, 7) is 0. The number of nitrogens with zero attached hydrogens (tertiary/aromatic N) is 4. The zero-order valence-corrected chi connectivity index (χ0v) is 64.2. The first kappa shape index (κ1) is 69.6. The first-order valence-corrected chi connectivity index (χ1v) is 41.2. The van der Waals surface area contributed by atoms with Gasteiger partial charge in [0.25, 0.3) is 0 Å². The molecule has 1 atom stereocenters. The van der Waals surface area contributed by atoms with Crippen LogP contribution < -0.4 is 35.5 Å². The Morgan fingerprint density at radius 3 is 0.870 bits per heavy atom. The van der Waals surface area contributed by atoms with Crippen molar-refractivity contribution < 1.29 is 13.4 Å². The van der Waals surface area contributed by atoms with E-state index in [2.05, 4.69) is 408 Å². The monoisotopic (exact) mass is 1510 g/mol. The number of furan rings is 2. The van der Waals surface area contributed by atoms with Crippen LogP contribution in [0.15, 0.2) is 452 Å². The molecule has 7 nitrogen and oxygen atoms in total. The molecule has 0 fully saturated rings. The molecule has 0 bridgehead atoms. The van der Waals surface area contributed by atoms with Crippen LogP contribution in [0.3, 0.4) is 0 Å². The van der Waals surface area contributed by atoms with E-state index in [9.17, 15) is 0 Å². The minimum atomic E-state index is -3.27. The van der Waals surface area contributed by atoms with Gasteiger partial charge in [0.1, 0.15) is 16.9 Å². The third-order valence-electron chi connectivity index (χ3n) is 21.7. The summed E-state index contributed by atoms with van der Waals surface area (Å²) >= 11 is 1.80. The van der Waals surface area contributed by atoms with Gasteiger partial charge in [0.2, 0.25) is 0 Å². The lowest BCUT2D eigenvalue weighted by Crippen LogP contribution is -2.20. The van der Waals surface area contributed by atoms with Crippen LogP contribution in [0.2, 0.25) is 0 Å². The second kappa shape index (κ2) is 30.3. The molecule has 20 aromatic rings. The Bertz CT molecular complexity index is 6720. The van der Waals surface area contributed by atoms with Gasteiger partial charge >= 0.3 is 0 Å². The van der Waals surface area contributed by atoms with Crippen molar-refractivity contribution in [2.45, 2.75) is 0 Å². The van der Waals surface area contributed by atoms with E-state index in [-0.39, 0.29) is 0 Å². The van der Waals surface area contributed by atoms with Crippen LogP contribution in [0.1, 0.15) is 0 Å². The van der Waals surface area contributed by atoms with Gasteiger partial charge in [0, 0.05) is 105 Å². The van der Waals surface area contributed by atoms with Crippen molar-refractivity contribution >= 4 is 145 Å². The summed E-state index contributed by atoms with van der Waals surface area (Å²) in [7, 11) is -3.27. The second-order valence-electron chi connectivity index (χ2n) is 28.7. The molecule has 17 aromatic carbocycles. The number of anilines is 12. The Morgan fingerprint density at radius 1 is 0.235 bits per heavy atom. The van der Waals surface area contributed by atoms with Gasteiger partial charge in [0.05, 0.1) is 10.0 Å². The van der Waals surface area contributed by atoms with Crippen molar-refractivity contribution in [2.24, 2.45) is 0 Å². The quantitative estimate of drug-likeness (QED) is 0.0842. The second-order valence-corrected chi connectivity index (χ2v) is 32.4. The number of hydrogen-bond donors (Lipinski definition) is 0. The molecule has 3 aromatic heterocycles. The number of hydrogen-bond acceptors (Lipinski definition) is 8. The average molecular weight is 1510 g/mol. The molecule has 0 saturated heterocycles. The van der Waals surface area contributed by atoms with Crippen molar-refractivity contribution in [3.05, 3.63) is 443 Å². The zero-order chi connectivity index (χ0) is 76.6. The standard InChI is InChI=1S/C56H39N2O2P.C50H34N2OS/c59-61(50-24-14-5-15-25-50)54-37-31-42(40-26-32-48(33-27-40)57(44-16-6-1-7-17-44)45-18-8-2-9-19-45)38-52(54)55-56(61)51-36-30-43(39-53(51)60-55)41-28-34-49(35-29-41)58(46-20-10-3-11-21-46)47-22-12-4-13-23-47;1-5-13-39(14-6-1)51(40-15-7-2-8-16-40)43-27-21-35(22-28-43)37-26-32-48-46(33-37)49-50(54-48)45-31-25-38(34-47(45)53-49)36-23-29-44(30-24-36)52(41-17-9-3-10-18-41)42-19-11-4-12-20-42/h1-39H;1-34H. The average Bonchev–Trinajstić information content (AvgIpc) is 1.53. The Labute approximate surface area is 672 Å². The van der Waals surface area contributed by atoms with Gasteiger partial charge in [-0.05, 0) is 239 Å². The van der Waals surface area contributed by atoms with Crippen molar-refractivity contribution in [1.29, 1.82) is 0 Å². The smallest absolute Gasteiger partial charge is 0.176 e. The van der Waals surface area contributed by atoms with E-state index < -0.39 is 7.14 Å². The van der Waals surface area contributed by atoms with Crippen LogP contribution in [0, 0.1) is 0 Å². The lowest BCUT2D eigenvalue weighted by atomic mass is 10.0. The first-order valence-electron chi connectivity index (χ1n) is 38.7. The van der Waals surface area contributed by atoms with Gasteiger partial charge < -0.3 is 33.0 Å². The molecule has 1 unspecified atom stereocenters. The minimum Gasteiger partial charge on any atom is -0.455 e. The molecular formula is C106H73N4O3PS. The van der Waals surface area contributed by atoms with Crippen LogP contribution in [-0.4, -0.2) is 0 Å². The molecule has 0 saturated carbocycles. The number of thiophene rings is 1. The van der Waals surface area contributed by atoms with E-state index in [0.717, 1.165) is 156 Å². The Balaban J connectivity index is 0.000000150. The maximum atomic E-state index is 15.8. The molecular weight excluding hydrogens is 1440 g/mol. The van der Waals surface area contributed by atoms with Crippen LogP contribution >= 0.6 is 18.5 Å². The Morgan fingerprint density at radius 2 is 0.513 bits per heavy atom. The lowest BCUT2D eigenvalue weighted by Gasteiger charge is -2.25. The normalized spacial score (nSPS) is 12.8. The molecule has 115 heavy (non-hydrogen) atoms. The predicted molar refractivity (Wildman–Crippen MR) is 484 cm³/mol. The maximum Gasteiger partial charge on any atom is 0.176 e. The number of para-hydroxylation sites is 8. The fourth-order valence-electron chi connectivity index (χ4n) is 16.2. The molecule has 1 aliphatic rings. The van der Waals surface area contributed by atoms with Gasteiger partial charge in [-0.25, -0.2) is 0 Å². The molecule has 0 radical (unpaired) electrons. The van der Waals surface area contributed by atoms with Crippen LogP contribution in [0.5, 0.6) is 0 Å². The molecule has 0 N–H and O–H groups in total. The van der Waals surface area contributed by atoms with E-state index in [1.54, 1.807) is 11.3 Å². The SMILES string of the molecule is O=P1(c2ccccc2)c2ccc(-c3ccc(N(c4ccccc4)c4ccccc4)cc3)cc2-c2oc3cc(-c4ccc(N(c5ccccc5)c5ccccc5)cc4)ccc3c21.c1ccc(N(c2ccccc2)c2ccc(-c3ccc4c(c3)oc3c5cc(-c6ccc(N(c7ccccc7)c7ccccc7)cc6)ccc5sc43)cc2)cc1. The molecule has 546 valence electrons. The van der Waals surface area contributed by atoms with Crippen molar-refractivity contribution in [2.75, 3.05) is 19.6 Å². The zero-order valence-electron chi connectivity index (χ0n) is 62.5. The summed E-state index contributed by atoms with van der Waals surface area (Å²) in [6.07, 6.45) is 0. The van der Waals surface area contributed by atoms with Gasteiger partial charge in [0.15, 0.2) is 12.7 Å². The molecule has 0 spiro atoms. The van der Waals surface area contributed by atoms with E-state index in [4.69, 9.17) is 8.83 Å². The predicted octanol–water partition coefficient (Wildman–Crippen LogP) is 29.4. The minimum absolute atomic E-state index is 0.684. The summed E-state index contributed by atoms with van der Waals surface area (Å²) in [6, 6.07) is 155. The Hall–Kier alpha value is -14.5. The number of fused-ring (bicyclic) bond motifs is 10. The Kier molecular flexibility index (Phi) is 18.3. The maximum absolute atomic E-state index is 15.8. The van der Waals surface area contributed by atoms with Gasteiger partial charge in [-0.2, -0.15) is 0 Å². The fourth-order valence-corrected chi connectivity index (χ4v) is 20.5. The van der Waals surface area contributed by atoms with Crippen molar-refractivity contribution in [3.8, 4) is 55.8 Å². The van der Waals surface area contributed by atoms with Gasteiger partial charge in [-0.3, -0.25) is 0 Å². The first-order chi connectivity index (χ1) is 56.9. The summed E-state index contributed by atoms with van der Waals surface area (Å²) in [5.74, 6) is 0.684. The molecule has 21 rings (SSSR count). The molecule has 0 amide bonds. The third-order valence-corrected chi connectivity index (χ3v) is 26.1. The number of rotatable bonds is 17. The van der Waals surface area contributed by atoms with Crippen LogP contribution in [0.25, 0.3) is 98.1 Å². The number of benzene rings is 17. The summed E-state index contributed by atoms with van der Waals surface area (Å²) in [5.41, 5.74) is 25.5. The lowest BCUT2D eigenvalue weighted by molar-refractivity contribution is 0.593. The van der Waals surface area contributed by atoms with Crippen molar-refractivity contribution in [3.63, 3.8) is 0 Å². The van der Waals surface area contributed by atoms with Crippen molar-refractivity contribution in [1.82, 2.24) is 0 Å². The molecule has 0 aliphatic carbocycles. The van der Waals surface area contributed by atoms with E-state index >= 15 is 4.57 Å². The fraction of sp³-hybridized carbons (Fsp3) is 0. The molecule has 4 heterocycles. The largest absolute Gasteiger partial charge is 0.455 e. The molecule has 1 aliphatic heterocycles. The van der Waals surface area contributed by atoms with E-state index in [0.29, 0.717) is 5.76 Å². The van der Waals surface area contributed by atoms with Crippen LogP contribution in [-0.2, 0) is 4.57 Å². The highest BCUT2D eigenvalue weighted by atomic mass is 32.1.